The SMILES string of the molecule is CON=C(c1ccc(OC2CCN(B(C)O)CC2)cc1)c1ccc(F)cn1. The van der Waals surface area contributed by atoms with Crippen molar-refractivity contribution in [1.82, 2.24) is 9.79 Å². The summed E-state index contributed by atoms with van der Waals surface area (Å²) in [5.41, 5.74) is 1.85. The van der Waals surface area contributed by atoms with E-state index in [1.165, 1.54) is 13.2 Å². The minimum Gasteiger partial charge on any atom is -0.490 e. The Morgan fingerprint density at radius 3 is 2.48 bits per heavy atom. The van der Waals surface area contributed by atoms with Crippen LogP contribution in [0.3, 0.4) is 0 Å². The Morgan fingerprint density at radius 1 is 1.22 bits per heavy atom. The van der Waals surface area contributed by atoms with Crippen LogP contribution in [0, 0.1) is 5.82 Å². The third kappa shape index (κ3) is 5.05. The Labute approximate surface area is 158 Å². The molecule has 0 aliphatic carbocycles. The number of halogens is 1. The average molecular weight is 371 g/mol. The molecule has 0 atom stereocenters. The van der Waals surface area contributed by atoms with Gasteiger partial charge in [0.2, 0.25) is 0 Å². The van der Waals surface area contributed by atoms with E-state index in [1.54, 1.807) is 12.9 Å². The number of benzene rings is 1. The van der Waals surface area contributed by atoms with Crippen LogP contribution in [0.4, 0.5) is 4.39 Å². The number of hydrogen-bond acceptors (Lipinski definition) is 6. The molecule has 1 N–H and O–H groups in total. The van der Waals surface area contributed by atoms with Crippen molar-refractivity contribution in [2.45, 2.75) is 25.8 Å². The predicted octanol–water partition coefficient (Wildman–Crippen LogP) is 2.57. The molecule has 0 amide bonds. The standard InChI is InChI=1S/C19H23BFN3O3/c1-20(25)24-11-9-17(10-12-24)27-16-6-3-14(4-7-16)19(23-26-2)18-8-5-15(21)13-22-18/h3-8,13,17,25H,9-12H2,1-2H3. The lowest BCUT2D eigenvalue weighted by Crippen LogP contribution is -2.45. The zero-order valence-electron chi connectivity index (χ0n) is 15.5. The number of nitrogens with zero attached hydrogens (tertiary/aromatic N) is 3. The van der Waals surface area contributed by atoms with Crippen molar-refractivity contribution in [2.75, 3.05) is 20.2 Å². The van der Waals surface area contributed by atoms with E-state index in [0.717, 1.165) is 43.4 Å². The summed E-state index contributed by atoms with van der Waals surface area (Å²) in [4.78, 5) is 11.0. The summed E-state index contributed by atoms with van der Waals surface area (Å²) < 4.78 is 19.2. The molecule has 0 spiro atoms. The van der Waals surface area contributed by atoms with Gasteiger partial charge in [-0.1, -0.05) is 5.16 Å². The van der Waals surface area contributed by atoms with E-state index in [4.69, 9.17) is 9.57 Å². The molecule has 8 heteroatoms. The third-order valence-corrected chi connectivity index (χ3v) is 4.59. The molecular formula is C19H23BFN3O3. The monoisotopic (exact) mass is 371 g/mol. The predicted molar refractivity (Wildman–Crippen MR) is 102 cm³/mol. The van der Waals surface area contributed by atoms with Crippen LogP contribution < -0.4 is 4.74 Å². The van der Waals surface area contributed by atoms with Gasteiger partial charge in [0, 0.05) is 5.56 Å². The summed E-state index contributed by atoms with van der Waals surface area (Å²) >= 11 is 0. The van der Waals surface area contributed by atoms with Crippen LogP contribution in [0.15, 0.2) is 47.8 Å². The fourth-order valence-electron chi connectivity index (χ4n) is 3.11. The minimum absolute atomic E-state index is 0.136. The van der Waals surface area contributed by atoms with E-state index < -0.39 is 12.9 Å². The van der Waals surface area contributed by atoms with Gasteiger partial charge in [-0.3, -0.25) is 4.98 Å². The molecule has 0 bridgehead atoms. The number of hydrogen-bond donors (Lipinski definition) is 1. The fourth-order valence-corrected chi connectivity index (χ4v) is 3.11. The first-order valence-corrected chi connectivity index (χ1v) is 8.99. The summed E-state index contributed by atoms with van der Waals surface area (Å²) in [6.45, 7) is 3.43. The first kappa shape index (κ1) is 19.3. The van der Waals surface area contributed by atoms with Crippen LogP contribution in [0.5, 0.6) is 5.75 Å². The van der Waals surface area contributed by atoms with E-state index in [1.807, 2.05) is 29.1 Å². The summed E-state index contributed by atoms with van der Waals surface area (Å²) in [6, 6.07) is 10.4. The molecule has 1 saturated heterocycles. The molecule has 1 aliphatic heterocycles. The number of rotatable bonds is 6. The Balaban J connectivity index is 1.67. The summed E-state index contributed by atoms with van der Waals surface area (Å²) in [5, 5.41) is 13.7. The van der Waals surface area contributed by atoms with E-state index in [2.05, 4.69) is 10.1 Å². The highest BCUT2D eigenvalue weighted by atomic mass is 19.1. The van der Waals surface area contributed by atoms with Crippen molar-refractivity contribution in [2.24, 2.45) is 5.16 Å². The average Bonchev–Trinajstić information content (AvgIpc) is 2.68. The molecule has 1 aromatic heterocycles. The van der Waals surface area contributed by atoms with Crippen LogP contribution >= 0.6 is 0 Å². The Hall–Kier alpha value is -2.45. The lowest BCUT2D eigenvalue weighted by atomic mass is 9.82. The van der Waals surface area contributed by atoms with Crippen LogP contribution in [0.1, 0.15) is 24.1 Å². The maximum Gasteiger partial charge on any atom is 0.376 e. The molecule has 0 saturated carbocycles. The van der Waals surface area contributed by atoms with Crippen molar-refractivity contribution in [3.63, 3.8) is 0 Å². The second-order valence-corrected chi connectivity index (χ2v) is 6.49. The van der Waals surface area contributed by atoms with Crippen LogP contribution in [0.25, 0.3) is 0 Å². The smallest absolute Gasteiger partial charge is 0.376 e. The van der Waals surface area contributed by atoms with Gasteiger partial charge in [0.15, 0.2) is 0 Å². The Kier molecular flexibility index (Phi) is 6.42. The van der Waals surface area contributed by atoms with Gasteiger partial charge >= 0.3 is 7.05 Å². The lowest BCUT2D eigenvalue weighted by Gasteiger charge is -2.32. The van der Waals surface area contributed by atoms with Gasteiger partial charge < -0.3 is 19.4 Å². The molecule has 0 radical (unpaired) electrons. The van der Waals surface area contributed by atoms with Crippen molar-refractivity contribution in [3.8, 4) is 5.75 Å². The quantitative estimate of drug-likeness (QED) is 0.480. The normalized spacial score (nSPS) is 16.2. The second-order valence-electron chi connectivity index (χ2n) is 6.49. The van der Waals surface area contributed by atoms with E-state index in [9.17, 15) is 9.41 Å². The molecule has 0 unspecified atom stereocenters. The van der Waals surface area contributed by atoms with Gasteiger partial charge in [0.05, 0.1) is 11.9 Å². The van der Waals surface area contributed by atoms with Gasteiger partial charge in [-0.05, 0) is 69.2 Å². The van der Waals surface area contributed by atoms with E-state index in [-0.39, 0.29) is 6.10 Å². The van der Waals surface area contributed by atoms with Gasteiger partial charge in [0.25, 0.3) is 0 Å². The van der Waals surface area contributed by atoms with Crippen molar-refractivity contribution >= 4 is 12.8 Å². The van der Waals surface area contributed by atoms with E-state index >= 15 is 0 Å². The first-order chi connectivity index (χ1) is 13.1. The molecule has 2 aromatic rings. The molecule has 2 heterocycles. The summed E-state index contributed by atoms with van der Waals surface area (Å²) in [7, 11) is 1.05. The third-order valence-electron chi connectivity index (χ3n) is 4.59. The zero-order chi connectivity index (χ0) is 19.2. The van der Waals surface area contributed by atoms with Gasteiger partial charge in [-0.2, -0.15) is 0 Å². The van der Waals surface area contributed by atoms with Gasteiger partial charge in [-0.15, -0.1) is 0 Å². The molecule has 142 valence electrons. The summed E-state index contributed by atoms with van der Waals surface area (Å²) in [5.74, 6) is 0.374. The Bertz CT molecular complexity index is 761. The van der Waals surface area contributed by atoms with E-state index in [0.29, 0.717) is 11.4 Å². The highest BCUT2D eigenvalue weighted by molar-refractivity contribution is 6.45. The minimum atomic E-state index is -0.413. The number of piperidine rings is 1. The molecule has 3 rings (SSSR count). The number of ether oxygens (including phenoxy) is 1. The fraction of sp³-hybridized carbons (Fsp3) is 0.368. The maximum atomic E-state index is 13.1. The van der Waals surface area contributed by atoms with Crippen molar-refractivity contribution in [1.29, 1.82) is 0 Å². The number of oxime groups is 1. The molecule has 6 nitrogen and oxygen atoms in total. The molecular weight excluding hydrogens is 348 g/mol. The largest absolute Gasteiger partial charge is 0.490 e. The molecule has 1 fully saturated rings. The van der Waals surface area contributed by atoms with Crippen molar-refractivity contribution < 1.29 is 19.0 Å². The zero-order valence-corrected chi connectivity index (χ0v) is 15.5. The van der Waals surface area contributed by atoms with Gasteiger partial charge in [-0.25, -0.2) is 4.39 Å². The molecule has 1 aromatic carbocycles. The highest BCUT2D eigenvalue weighted by Gasteiger charge is 2.24. The Morgan fingerprint density at radius 2 is 1.93 bits per heavy atom. The topological polar surface area (TPSA) is 67.2 Å². The van der Waals surface area contributed by atoms with Crippen LogP contribution in [-0.2, 0) is 4.84 Å². The number of aromatic nitrogens is 1. The maximum absolute atomic E-state index is 13.1. The highest BCUT2D eigenvalue weighted by Crippen LogP contribution is 2.21. The summed E-state index contributed by atoms with van der Waals surface area (Å²) in [6.07, 6.45) is 3.04. The first-order valence-electron chi connectivity index (χ1n) is 8.99. The molecule has 1 aliphatic rings. The number of pyridine rings is 1. The second kappa shape index (κ2) is 8.97. The van der Waals surface area contributed by atoms with Crippen molar-refractivity contribution in [3.05, 3.63) is 59.7 Å². The van der Waals surface area contributed by atoms with Gasteiger partial charge in [0.1, 0.15) is 30.5 Å². The molecule has 27 heavy (non-hydrogen) atoms. The van der Waals surface area contributed by atoms with Crippen LogP contribution in [0.2, 0.25) is 6.82 Å². The lowest BCUT2D eigenvalue weighted by molar-refractivity contribution is 0.128. The van der Waals surface area contributed by atoms with Crippen LogP contribution in [-0.4, -0.2) is 53.9 Å².